The topological polar surface area (TPSA) is 52.6 Å². The molecular formula is C10H17FO4S. The summed E-state index contributed by atoms with van der Waals surface area (Å²) in [5, 5.41) is 0. The molecule has 16 heavy (non-hydrogen) atoms. The Labute approximate surface area is 95.3 Å². The van der Waals surface area contributed by atoms with Gasteiger partial charge < -0.3 is 9.47 Å². The van der Waals surface area contributed by atoms with E-state index in [0.29, 0.717) is 13.0 Å². The SMILES string of the molecule is O=S(=O)(F)CC1CCC2(CCOCC2)CO1. The summed E-state index contributed by atoms with van der Waals surface area (Å²) in [5.41, 5.74) is 0.148. The average molecular weight is 252 g/mol. The molecule has 2 rings (SSSR count). The van der Waals surface area contributed by atoms with Gasteiger partial charge in [-0.25, -0.2) is 0 Å². The van der Waals surface area contributed by atoms with Gasteiger partial charge in [0.1, 0.15) is 5.75 Å². The summed E-state index contributed by atoms with van der Waals surface area (Å²) in [4.78, 5) is 0. The van der Waals surface area contributed by atoms with Crippen molar-refractivity contribution < 1.29 is 21.8 Å². The Morgan fingerprint density at radius 1 is 1.25 bits per heavy atom. The van der Waals surface area contributed by atoms with E-state index in [2.05, 4.69) is 0 Å². The molecule has 0 radical (unpaired) electrons. The molecule has 0 N–H and O–H groups in total. The summed E-state index contributed by atoms with van der Waals surface area (Å²) < 4.78 is 44.2. The van der Waals surface area contributed by atoms with Crippen LogP contribution in [0.3, 0.4) is 0 Å². The van der Waals surface area contributed by atoms with Crippen molar-refractivity contribution in [2.75, 3.05) is 25.6 Å². The molecule has 1 atom stereocenters. The predicted molar refractivity (Wildman–Crippen MR) is 56.4 cm³/mol. The molecule has 2 fully saturated rings. The van der Waals surface area contributed by atoms with Gasteiger partial charge in [-0.15, -0.1) is 3.89 Å². The second-order valence-corrected chi connectivity index (χ2v) is 6.20. The van der Waals surface area contributed by atoms with E-state index in [0.717, 1.165) is 32.5 Å². The molecule has 4 nitrogen and oxygen atoms in total. The Morgan fingerprint density at radius 3 is 2.44 bits per heavy atom. The molecule has 0 saturated carbocycles. The number of rotatable bonds is 2. The first kappa shape index (κ1) is 12.3. The molecule has 0 aromatic carbocycles. The van der Waals surface area contributed by atoms with E-state index in [-0.39, 0.29) is 5.41 Å². The van der Waals surface area contributed by atoms with Crippen molar-refractivity contribution in [3.8, 4) is 0 Å². The van der Waals surface area contributed by atoms with Gasteiger partial charge in [-0.2, -0.15) is 8.42 Å². The third-order valence-corrected chi connectivity index (χ3v) is 4.33. The monoisotopic (exact) mass is 252 g/mol. The van der Waals surface area contributed by atoms with E-state index in [1.54, 1.807) is 0 Å². The highest BCUT2D eigenvalue weighted by atomic mass is 32.3. The lowest BCUT2D eigenvalue weighted by Crippen LogP contribution is -2.41. The first-order chi connectivity index (χ1) is 7.49. The van der Waals surface area contributed by atoms with Crippen LogP contribution in [0.5, 0.6) is 0 Å². The number of hydrogen-bond donors (Lipinski definition) is 0. The Morgan fingerprint density at radius 2 is 1.94 bits per heavy atom. The molecule has 2 aliphatic heterocycles. The van der Waals surface area contributed by atoms with Crippen LogP contribution in [-0.4, -0.2) is 40.1 Å². The van der Waals surface area contributed by atoms with Crippen LogP contribution in [0.25, 0.3) is 0 Å². The molecule has 0 amide bonds. The van der Waals surface area contributed by atoms with Crippen LogP contribution in [0.4, 0.5) is 3.89 Å². The van der Waals surface area contributed by atoms with E-state index in [1.807, 2.05) is 0 Å². The van der Waals surface area contributed by atoms with Gasteiger partial charge in [0, 0.05) is 13.2 Å². The van der Waals surface area contributed by atoms with Crippen molar-refractivity contribution in [3.05, 3.63) is 0 Å². The van der Waals surface area contributed by atoms with Crippen molar-refractivity contribution >= 4 is 10.2 Å². The molecule has 0 aromatic rings. The molecule has 6 heteroatoms. The smallest absolute Gasteiger partial charge is 0.304 e. The van der Waals surface area contributed by atoms with Gasteiger partial charge in [-0.1, -0.05) is 0 Å². The Balaban J connectivity index is 1.86. The van der Waals surface area contributed by atoms with Gasteiger partial charge in [0.25, 0.3) is 0 Å². The highest BCUT2D eigenvalue weighted by molar-refractivity contribution is 7.86. The first-order valence-electron chi connectivity index (χ1n) is 5.61. The van der Waals surface area contributed by atoms with E-state index in [9.17, 15) is 12.3 Å². The lowest BCUT2D eigenvalue weighted by molar-refractivity contribution is -0.0985. The maximum atomic E-state index is 12.5. The zero-order valence-electron chi connectivity index (χ0n) is 9.15. The Bertz CT molecular complexity index is 325. The third-order valence-electron chi connectivity index (χ3n) is 3.56. The Hall–Kier alpha value is -0.200. The summed E-state index contributed by atoms with van der Waals surface area (Å²) in [6, 6.07) is 0. The van der Waals surface area contributed by atoms with Gasteiger partial charge in [-0.3, -0.25) is 0 Å². The second kappa shape index (κ2) is 4.58. The van der Waals surface area contributed by atoms with E-state index in [4.69, 9.17) is 9.47 Å². The first-order valence-corrected chi connectivity index (χ1v) is 7.16. The van der Waals surface area contributed by atoms with Gasteiger partial charge >= 0.3 is 10.2 Å². The van der Waals surface area contributed by atoms with Crippen molar-refractivity contribution in [1.29, 1.82) is 0 Å². The van der Waals surface area contributed by atoms with Gasteiger partial charge in [0.05, 0.1) is 12.7 Å². The lowest BCUT2D eigenvalue weighted by atomic mass is 9.75. The quantitative estimate of drug-likeness (QED) is 0.694. The maximum Gasteiger partial charge on any atom is 0.304 e. The largest absolute Gasteiger partial charge is 0.381 e. The molecule has 2 saturated heterocycles. The lowest BCUT2D eigenvalue weighted by Gasteiger charge is -2.42. The highest BCUT2D eigenvalue weighted by Gasteiger charge is 2.38. The minimum atomic E-state index is -4.42. The van der Waals surface area contributed by atoms with Gasteiger partial charge in [-0.05, 0) is 31.1 Å². The van der Waals surface area contributed by atoms with E-state index >= 15 is 0 Å². The molecule has 0 aromatic heterocycles. The number of halogens is 1. The molecular weight excluding hydrogens is 235 g/mol. The fraction of sp³-hybridized carbons (Fsp3) is 1.00. The molecule has 0 bridgehead atoms. The average Bonchev–Trinajstić information content (AvgIpc) is 2.22. The van der Waals surface area contributed by atoms with Crippen molar-refractivity contribution in [2.24, 2.45) is 5.41 Å². The standard InChI is InChI=1S/C10H17FO4S/c11-16(12,13)7-9-1-2-10(8-15-9)3-5-14-6-4-10/h9H,1-8H2. The van der Waals surface area contributed by atoms with Crippen LogP contribution < -0.4 is 0 Å². The minimum Gasteiger partial charge on any atom is -0.381 e. The molecule has 2 aliphatic rings. The third kappa shape index (κ3) is 3.15. The van der Waals surface area contributed by atoms with Crippen LogP contribution in [0, 0.1) is 5.41 Å². The van der Waals surface area contributed by atoms with Crippen LogP contribution >= 0.6 is 0 Å². The molecule has 0 aliphatic carbocycles. The summed E-state index contributed by atoms with van der Waals surface area (Å²) in [5.74, 6) is -0.500. The molecule has 2 heterocycles. The van der Waals surface area contributed by atoms with Crippen LogP contribution in [0.2, 0.25) is 0 Å². The van der Waals surface area contributed by atoms with Crippen LogP contribution in [0.15, 0.2) is 0 Å². The highest BCUT2D eigenvalue weighted by Crippen LogP contribution is 2.40. The summed E-state index contributed by atoms with van der Waals surface area (Å²) in [6.45, 7) is 2.03. The van der Waals surface area contributed by atoms with Crippen molar-refractivity contribution in [2.45, 2.75) is 31.8 Å². The molecule has 1 unspecified atom stereocenters. The zero-order valence-corrected chi connectivity index (χ0v) is 9.97. The van der Waals surface area contributed by atoms with Gasteiger partial charge in [0.15, 0.2) is 0 Å². The van der Waals surface area contributed by atoms with Crippen LogP contribution in [0.1, 0.15) is 25.7 Å². The van der Waals surface area contributed by atoms with Gasteiger partial charge in [0.2, 0.25) is 0 Å². The summed E-state index contributed by atoms with van der Waals surface area (Å²) in [6.07, 6.45) is 2.99. The fourth-order valence-corrected chi connectivity index (χ4v) is 3.18. The molecule has 94 valence electrons. The second-order valence-electron chi connectivity index (χ2n) is 4.79. The summed E-state index contributed by atoms with van der Waals surface area (Å²) in [7, 11) is -4.42. The minimum absolute atomic E-state index is 0.148. The van der Waals surface area contributed by atoms with Crippen LogP contribution in [-0.2, 0) is 19.7 Å². The number of ether oxygens (including phenoxy) is 2. The Kier molecular flexibility index (Phi) is 3.51. The van der Waals surface area contributed by atoms with Crippen molar-refractivity contribution in [1.82, 2.24) is 0 Å². The molecule has 1 spiro atoms. The maximum absolute atomic E-state index is 12.5. The van der Waals surface area contributed by atoms with Crippen molar-refractivity contribution in [3.63, 3.8) is 0 Å². The fourth-order valence-electron chi connectivity index (χ4n) is 2.47. The predicted octanol–water partition coefficient (Wildman–Crippen LogP) is 1.26. The zero-order chi connectivity index (χ0) is 11.6. The normalized spacial score (nSPS) is 30.4. The van der Waals surface area contributed by atoms with E-state index in [1.165, 1.54) is 0 Å². The van der Waals surface area contributed by atoms with E-state index < -0.39 is 22.1 Å². The summed E-state index contributed by atoms with van der Waals surface area (Å²) >= 11 is 0. The number of hydrogen-bond acceptors (Lipinski definition) is 4.